The van der Waals surface area contributed by atoms with Crippen LogP contribution in [0.3, 0.4) is 0 Å². The van der Waals surface area contributed by atoms with Gasteiger partial charge >= 0.3 is 0 Å². The molecule has 0 spiro atoms. The first-order valence-corrected chi connectivity index (χ1v) is 9.73. The van der Waals surface area contributed by atoms with Gasteiger partial charge in [-0.2, -0.15) is 0 Å². The summed E-state index contributed by atoms with van der Waals surface area (Å²) in [7, 11) is -3.51. The van der Waals surface area contributed by atoms with Crippen LogP contribution < -0.4 is 4.72 Å². The predicted octanol–water partition coefficient (Wildman–Crippen LogP) is 2.32. The van der Waals surface area contributed by atoms with E-state index in [-0.39, 0.29) is 17.8 Å². The molecule has 3 rings (SSSR count). The van der Waals surface area contributed by atoms with Gasteiger partial charge in [-0.3, -0.25) is 4.98 Å². The standard InChI is InChI=1S/C18H22N2O3S/c1-13-5-7-14(8-6-13)12-24(22,23)20-18(15-10-16(21)11-15)17-4-2-3-9-19-17/h2-9,15-16,18,20-21H,10-12H2,1H3. The van der Waals surface area contributed by atoms with Crippen LogP contribution >= 0.6 is 0 Å². The third-order valence-corrected chi connectivity index (χ3v) is 5.74. The highest BCUT2D eigenvalue weighted by molar-refractivity contribution is 7.88. The van der Waals surface area contributed by atoms with Crippen molar-refractivity contribution in [1.29, 1.82) is 0 Å². The second kappa shape index (κ2) is 7.01. The minimum atomic E-state index is -3.51. The molecule has 0 radical (unpaired) electrons. The van der Waals surface area contributed by atoms with Crippen molar-refractivity contribution in [3.8, 4) is 0 Å². The van der Waals surface area contributed by atoms with Crippen LogP contribution in [0.15, 0.2) is 48.7 Å². The minimum absolute atomic E-state index is 0.0636. The van der Waals surface area contributed by atoms with Gasteiger partial charge < -0.3 is 5.11 Å². The number of aryl methyl sites for hydroxylation is 1. The van der Waals surface area contributed by atoms with Crippen LogP contribution in [-0.4, -0.2) is 24.6 Å². The highest BCUT2D eigenvalue weighted by Crippen LogP contribution is 2.37. The molecular weight excluding hydrogens is 324 g/mol. The Morgan fingerprint density at radius 2 is 1.92 bits per heavy atom. The lowest BCUT2D eigenvalue weighted by atomic mass is 9.76. The molecule has 1 aliphatic rings. The molecule has 0 amide bonds. The van der Waals surface area contributed by atoms with Crippen molar-refractivity contribution in [3.05, 3.63) is 65.5 Å². The normalized spacial score (nSPS) is 21.9. The predicted molar refractivity (Wildman–Crippen MR) is 92.6 cm³/mol. The van der Waals surface area contributed by atoms with Gasteiger partial charge in [0.05, 0.1) is 23.6 Å². The number of hydrogen-bond donors (Lipinski definition) is 2. The SMILES string of the molecule is Cc1ccc(CS(=O)(=O)NC(c2ccccn2)C2CC(O)C2)cc1. The quantitative estimate of drug-likeness (QED) is 0.841. The lowest BCUT2D eigenvalue weighted by molar-refractivity contribution is 0.0273. The maximum absolute atomic E-state index is 12.6. The Morgan fingerprint density at radius 3 is 2.50 bits per heavy atom. The third kappa shape index (κ3) is 4.20. The average Bonchev–Trinajstić information content (AvgIpc) is 2.53. The summed E-state index contributed by atoms with van der Waals surface area (Å²) in [6.07, 6.45) is 2.50. The zero-order chi connectivity index (χ0) is 17.2. The van der Waals surface area contributed by atoms with Crippen LogP contribution in [0.25, 0.3) is 0 Å². The molecule has 1 fully saturated rings. The molecule has 6 heteroatoms. The monoisotopic (exact) mass is 346 g/mol. The van der Waals surface area contributed by atoms with E-state index in [9.17, 15) is 13.5 Å². The highest BCUT2D eigenvalue weighted by atomic mass is 32.2. The van der Waals surface area contributed by atoms with Crippen molar-refractivity contribution >= 4 is 10.0 Å². The largest absolute Gasteiger partial charge is 0.393 e. The van der Waals surface area contributed by atoms with E-state index in [0.29, 0.717) is 18.5 Å². The lowest BCUT2D eigenvalue weighted by Gasteiger charge is -2.37. The molecule has 1 aromatic heterocycles. The summed E-state index contributed by atoms with van der Waals surface area (Å²) < 4.78 is 28.0. The highest BCUT2D eigenvalue weighted by Gasteiger charge is 2.37. The number of aliphatic hydroxyl groups excluding tert-OH is 1. The smallest absolute Gasteiger partial charge is 0.216 e. The molecule has 0 aliphatic heterocycles. The maximum atomic E-state index is 12.6. The summed E-state index contributed by atoms with van der Waals surface area (Å²) in [5.41, 5.74) is 2.54. The molecule has 1 unspecified atom stereocenters. The number of aliphatic hydroxyl groups is 1. The van der Waals surface area contributed by atoms with Crippen molar-refractivity contribution in [1.82, 2.24) is 9.71 Å². The van der Waals surface area contributed by atoms with Gasteiger partial charge in [0.2, 0.25) is 10.0 Å². The fourth-order valence-electron chi connectivity index (χ4n) is 3.00. The summed E-state index contributed by atoms with van der Waals surface area (Å²) in [6.45, 7) is 1.97. The number of hydrogen-bond acceptors (Lipinski definition) is 4. The van der Waals surface area contributed by atoms with Crippen LogP contribution in [0.5, 0.6) is 0 Å². The van der Waals surface area contributed by atoms with E-state index in [4.69, 9.17) is 0 Å². The molecule has 24 heavy (non-hydrogen) atoms. The fraction of sp³-hybridized carbons (Fsp3) is 0.389. The Morgan fingerprint density at radius 1 is 1.21 bits per heavy atom. The third-order valence-electron chi connectivity index (χ3n) is 4.41. The van der Waals surface area contributed by atoms with Crippen molar-refractivity contribution in [2.45, 2.75) is 37.7 Å². The second-order valence-corrected chi connectivity index (χ2v) is 8.23. The Kier molecular flexibility index (Phi) is 4.99. The van der Waals surface area contributed by atoms with Crippen LogP contribution in [0, 0.1) is 12.8 Å². The Hall–Kier alpha value is -1.76. The number of sulfonamides is 1. The molecule has 5 nitrogen and oxygen atoms in total. The zero-order valence-electron chi connectivity index (χ0n) is 13.6. The van der Waals surface area contributed by atoms with E-state index in [1.807, 2.05) is 43.3 Å². The summed E-state index contributed by atoms with van der Waals surface area (Å²) in [6, 6.07) is 12.5. The molecule has 1 atom stereocenters. The van der Waals surface area contributed by atoms with E-state index >= 15 is 0 Å². The van der Waals surface area contributed by atoms with Crippen LogP contribution in [-0.2, 0) is 15.8 Å². The van der Waals surface area contributed by atoms with Crippen LogP contribution in [0.4, 0.5) is 0 Å². The van der Waals surface area contributed by atoms with E-state index in [1.165, 1.54) is 0 Å². The first-order valence-electron chi connectivity index (χ1n) is 8.07. The molecule has 0 saturated heterocycles. The fourth-order valence-corrected chi connectivity index (χ4v) is 4.41. The van der Waals surface area contributed by atoms with Crippen molar-refractivity contribution in [3.63, 3.8) is 0 Å². The first kappa shape index (κ1) is 17.1. The molecule has 0 bridgehead atoms. The number of pyridine rings is 1. The maximum Gasteiger partial charge on any atom is 0.216 e. The van der Waals surface area contributed by atoms with Crippen molar-refractivity contribution in [2.24, 2.45) is 5.92 Å². The first-order chi connectivity index (χ1) is 11.4. The molecule has 1 aliphatic carbocycles. The van der Waals surface area contributed by atoms with Crippen LogP contribution in [0.1, 0.15) is 35.7 Å². The Balaban J connectivity index is 1.77. The number of nitrogens with one attached hydrogen (secondary N) is 1. The van der Waals surface area contributed by atoms with Crippen molar-refractivity contribution in [2.75, 3.05) is 0 Å². The molecule has 1 aromatic carbocycles. The number of rotatable bonds is 6. The summed E-state index contributed by atoms with van der Waals surface area (Å²) in [4.78, 5) is 4.30. The average molecular weight is 346 g/mol. The molecule has 2 aromatic rings. The Labute approximate surface area is 142 Å². The minimum Gasteiger partial charge on any atom is -0.393 e. The molecule has 2 N–H and O–H groups in total. The van der Waals surface area contributed by atoms with E-state index in [1.54, 1.807) is 12.3 Å². The summed E-state index contributed by atoms with van der Waals surface area (Å²) in [5, 5.41) is 9.58. The van der Waals surface area contributed by atoms with Gasteiger partial charge in [0.25, 0.3) is 0 Å². The molecule has 1 heterocycles. The van der Waals surface area contributed by atoms with Gasteiger partial charge in [0, 0.05) is 6.20 Å². The molecular formula is C18H22N2O3S. The Bertz CT molecular complexity index is 770. The van der Waals surface area contributed by atoms with E-state index in [2.05, 4.69) is 9.71 Å². The summed E-state index contributed by atoms with van der Waals surface area (Å²) in [5.74, 6) is 0.00833. The van der Waals surface area contributed by atoms with Gasteiger partial charge in [-0.1, -0.05) is 35.9 Å². The van der Waals surface area contributed by atoms with Gasteiger partial charge in [-0.05, 0) is 43.4 Å². The van der Waals surface area contributed by atoms with Gasteiger partial charge in [-0.15, -0.1) is 0 Å². The lowest BCUT2D eigenvalue weighted by Crippen LogP contribution is -2.42. The number of nitrogens with zero attached hydrogens (tertiary/aromatic N) is 1. The van der Waals surface area contributed by atoms with E-state index in [0.717, 1.165) is 11.1 Å². The number of aromatic nitrogens is 1. The summed E-state index contributed by atoms with van der Waals surface area (Å²) >= 11 is 0. The molecule has 1 saturated carbocycles. The van der Waals surface area contributed by atoms with Crippen molar-refractivity contribution < 1.29 is 13.5 Å². The topological polar surface area (TPSA) is 79.3 Å². The van der Waals surface area contributed by atoms with Gasteiger partial charge in [-0.25, -0.2) is 13.1 Å². The molecule has 128 valence electrons. The van der Waals surface area contributed by atoms with E-state index < -0.39 is 16.1 Å². The van der Waals surface area contributed by atoms with Gasteiger partial charge in [0.15, 0.2) is 0 Å². The van der Waals surface area contributed by atoms with Crippen LogP contribution in [0.2, 0.25) is 0 Å². The zero-order valence-corrected chi connectivity index (χ0v) is 14.4. The second-order valence-electron chi connectivity index (χ2n) is 6.48. The number of benzene rings is 1. The van der Waals surface area contributed by atoms with Gasteiger partial charge in [0.1, 0.15) is 0 Å².